The summed E-state index contributed by atoms with van der Waals surface area (Å²) in [7, 11) is 1.72. The first-order valence-electron chi connectivity index (χ1n) is 9.55. The molecule has 3 aromatic carbocycles. The highest BCUT2D eigenvalue weighted by atomic mass is 32.2. The lowest BCUT2D eigenvalue weighted by Crippen LogP contribution is -2.31. The van der Waals surface area contributed by atoms with E-state index in [-0.39, 0.29) is 17.2 Å². The second-order valence-corrected chi connectivity index (χ2v) is 7.89. The fourth-order valence-electron chi connectivity index (χ4n) is 3.08. The quantitative estimate of drug-likeness (QED) is 0.548. The van der Waals surface area contributed by atoms with Gasteiger partial charge in [-0.15, -0.1) is 0 Å². The van der Waals surface area contributed by atoms with E-state index < -0.39 is 0 Å². The predicted octanol–water partition coefficient (Wildman–Crippen LogP) is 5.35. The van der Waals surface area contributed by atoms with Gasteiger partial charge in [-0.2, -0.15) is 0 Å². The largest absolute Gasteiger partial charge is 0.326 e. The summed E-state index contributed by atoms with van der Waals surface area (Å²) in [6.45, 7) is 0. The van der Waals surface area contributed by atoms with E-state index in [1.54, 1.807) is 18.0 Å². The van der Waals surface area contributed by atoms with Crippen LogP contribution in [0.25, 0.3) is 17.2 Å². The molecule has 6 nitrogen and oxygen atoms in total. The number of carbonyl (C=O) groups is 3. The first-order valence-corrected chi connectivity index (χ1v) is 10.4. The summed E-state index contributed by atoms with van der Waals surface area (Å²) in [5.41, 5.74) is 4.25. The Hall–Kier alpha value is -3.84. The summed E-state index contributed by atoms with van der Waals surface area (Å²) >= 11 is 0.896. The Balaban J connectivity index is 1.50. The highest BCUT2D eigenvalue weighted by molar-refractivity contribution is 8.18. The average molecular weight is 430 g/mol. The number of thioether (sulfide) groups is 1. The normalized spacial score (nSPS) is 14.4. The van der Waals surface area contributed by atoms with Crippen molar-refractivity contribution in [1.82, 2.24) is 5.32 Å². The number of hydrogen-bond acceptors (Lipinski definition) is 4. The number of para-hydroxylation sites is 1. The van der Waals surface area contributed by atoms with E-state index in [0.29, 0.717) is 4.91 Å². The molecule has 1 aliphatic rings. The first-order chi connectivity index (χ1) is 15.0. The van der Waals surface area contributed by atoms with E-state index in [1.165, 1.54) is 0 Å². The van der Waals surface area contributed by atoms with Crippen molar-refractivity contribution in [3.63, 3.8) is 0 Å². The lowest BCUT2D eigenvalue weighted by atomic mass is 10.0. The van der Waals surface area contributed by atoms with Crippen molar-refractivity contribution < 1.29 is 14.4 Å². The molecule has 3 aromatic rings. The van der Waals surface area contributed by atoms with Crippen LogP contribution in [-0.4, -0.2) is 24.2 Å². The maximum atomic E-state index is 12.6. The Morgan fingerprint density at radius 2 is 1.68 bits per heavy atom. The lowest BCUT2D eigenvalue weighted by molar-refractivity contribution is -0.115. The second-order valence-electron chi connectivity index (χ2n) is 6.88. The minimum Gasteiger partial charge on any atom is -0.308 e. The number of amides is 4. The molecule has 1 aliphatic heterocycles. The third kappa shape index (κ3) is 4.84. The zero-order valence-electron chi connectivity index (χ0n) is 16.7. The first kappa shape index (κ1) is 20.4. The molecular formula is C24H19N3O3S. The number of imide groups is 1. The van der Waals surface area contributed by atoms with Crippen molar-refractivity contribution in [3.8, 4) is 11.1 Å². The second kappa shape index (κ2) is 8.89. The topological polar surface area (TPSA) is 78.5 Å². The minimum atomic E-state index is -0.372. The van der Waals surface area contributed by atoms with E-state index >= 15 is 0 Å². The average Bonchev–Trinajstić information content (AvgIpc) is 3.11. The Morgan fingerprint density at radius 1 is 0.935 bits per heavy atom. The molecule has 154 valence electrons. The summed E-state index contributed by atoms with van der Waals surface area (Å²) in [6, 6.07) is 24.4. The number of anilines is 2. The Morgan fingerprint density at radius 3 is 2.35 bits per heavy atom. The molecule has 31 heavy (non-hydrogen) atoms. The fourth-order valence-corrected chi connectivity index (χ4v) is 3.77. The van der Waals surface area contributed by atoms with Gasteiger partial charge in [0, 0.05) is 18.4 Å². The number of benzene rings is 3. The van der Waals surface area contributed by atoms with Gasteiger partial charge >= 0.3 is 6.03 Å². The van der Waals surface area contributed by atoms with Crippen LogP contribution in [0.4, 0.5) is 21.0 Å². The van der Waals surface area contributed by atoms with Crippen LogP contribution in [0.1, 0.15) is 5.56 Å². The smallest absolute Gasteiger partial charge is 0.308 e. The number of rotatable bonds is 4. The van der Waals surface area contributed by atoms with Gasteiger partial charge < -0.3 is 5.32 Å². The summed E-state index contributed by atoms with van der Waals surface area (Å²) in [6.07, 6.45) is 1.69. The van der Waals surface area contributed by atoms with Crippen LogP contribution in [0.3, 0.4) is 0 Å². The molecule has 0 bridgehead atoms. The summed E-state index contributed by atoms with van der Waals surface area (Å²) in [5.74, 6) is -0.372. The van der Waals surface area contributed by atoms with Crippen LogP contribution in [-0.2, 0) is 4.79 Å². The zero-order chi connectivity index (χ0) is 21.8. The molecule has 1 fully saturated rings. The van der Waals surface area contributed by atoms with Gasteiger partial charge in [0.15, 0.2) is 0 Å². The molecule has 1 saturated heterocycles. The highest BCUT2D eigenvalue weighted by Gasteiger charge is 2.24. The SMILES string of the molecule is CN(C(=O)Nc1ccccc1)c1cccc(-c2ccc(C=C3SC(=O)NC3=O)cc2)c1. The highest BCUT2D eigenvalue weighted by Crippen LogP contribution is 2.28. The van der Waals surface area contributed by atoms with Crippen LogP contribution in [0.2, 0.25) is 0 Å². The molecule has 0 atom stereocenters. The summed E-state index contributed by atoms with van der Waals surface area (Å²) < 4.78 is 0. The van der Waals surface area contributed by atoms with Crippen molar-refractivity contribution in [2.24, 2.45) is 0 Å². The Labute approximate surface area is 184 Å². The van der Waals surface area contributed by atoms with Gasteiger partial charge in [-0.3, -0.25) is 19.8 Å². The summed E-state index contributed by atoms with van der Waals surface area (Å²) in [5, 5.41) is 4.76. The molecule has 0 saturated carbocycles. The molecule has 0 aliphatic carbocycles. The van der Waals surface area contributed by atoms with Crippen LogP contribution in [0.5, 0.6) is 0 Å². The van der Waals surface area contributed by atoms with Gasteiger partial charge in [0.2, 0.25) is 0 Å². The Kier molecular flexibility index (Phi) is 5.86. The standard InChI is InChI=1S/C24H19N3O3S/c1-27(23(29)25-19-7-3-2-4-8-19)20-9-5-6-18(15-20)17-12-10-16(11-13-17)14-21-22(28)26-24(30)31-21/h2-15H,1H3,(H,25,29)(H,26,28,30). The van der Waals surface area contributed by atoms with Crippen molar-refractivity contribution >= 4 is 46.4 Å². The van der Waals surface area contributed by atoms with Gasteiger partial charge in [0.25, 0.3) is 11.1 Å². The minimum absolute atomic E-state index is 0.229. The van der Waals surface area contributed by atoms with E-state index in [4.69, 9.17) is 0 Å². The number of urea groups is 1. The van der Waals surface area contributed by atoms with Crippen molar-refractivity contribution in [3.05, 3.63) is 89.3 Å². The van der Waals surface area contributed by atoms with Crippen LogP contribution in [0.15, 0.2) is 83.8 Å². The molecule has 2 N–H and O–H groups in total. The monoisotopic (exact) mass is 429 g/mol. The molecule has 0 radical (unpaired) electrons. The Bertz CT molecular complexity index is 1170. The van der Waals surface area contributed by atoms with Crippen LogP contribution < -0.4 is 15.5 Å². The van der Waals surface area contributed by atoms with Crippen molar-refractivity contribution in [1.29, 1.82) is 0 Å². The number of carbonyl (C=O) groups excluding carboxylic acids is 3. The number of nitrogens with zero attached hydrogens (tertiary/aromatic N) is 1. The van der Waals surface area contributed by atoms with E-state index in [1.807, 2.05) is 78.9 Å². The molecule has 0 spiro atoms. The molecular weight excluding hydrogens is 410 g/mol. The predicted molar refractivity (Wildman–Crippen MR) is 125 cm³/mol. The van der Waals surface area contributed by atoms with Crippen LogP contribution >= 0.6 is 11.8 Å². The van der Waals surface area contributed by atoms with Gasteiger partial charge in [-0.25, -0.2) is 4.79 Å². The summed E-state index contributed by atoms with van der Waals surface area (Å²) in [4.78, 5) is 37.5. The van der Waals surface area contributed by atoms with Crippen molar-refractivity contribution in [2.75, 3.05) is 17.3 Å². The van der Waals surface area contributed by atoms with Gasteiger partial charge in [0.1, 0.15) is 0 Å². The van der Waals surface area contributed by atoms with Crippen molar-refractivity contribution in [2.45, 2.75) is 0 Å². The van der Waals surface area contributed by atoms with Crippen LogP contribution in [0, 0.1) is 0 Å². The van der Waals surface area contributed by atoms with E-state index in [2.05, 4.69) is 10.6 Å². The molecule has 1 heterocycles. The van der Waals surface area contributed by atoms with Gasteiger partial charge in [-0.05, 0) is 58.8 Å². The molecule has 0 unspecified atom stereocenters. The van der Waals surface area contributed by atoms with Gasteiger partial charge in [-0.1, -0.05) is 54.6 Å². The molecule has 4 amide bonds. The van der Waals surface area contributed by atoms with E-state index in [9.17, 15) is 14.4 Å². The fraction of sp³-hybridized carbons (Fsp3) is 0.0417. The third-order valence-corrected chi connectivity index (χ3v) is 5.56. The molecule has 0 aromatic heterocycles. The number of hydrogen-bond donors (Lipinski definition) is 2. The number of nitrogens with one attached hydrogen (secondary N) is 2. The third-order valence-electron chi connectivity index (χ3n) is 4.75. The molecule has 4 rings (SSSR count). The zero-order valence-corrected chi connectivity index (χ0v) is 17.5. The van der Waals surface area contributed by atoms with Gasteiger partial charge in [0.05, 0.1) is 4.91 Å². The van der Waals surface area contributed by atoms with E-state index in [0.717, 1.165) is 39.8 Å². The lowest BCUT2D eigenvalue weighted by Gasteiger charge is -2.19. The maximum Gasteiger partial charge on any atom is 0.326 e. The molecule has 7 heteroatoms. The maximum absolute atomic E-state index is 12.6.